The van der Waals surface area contributed by atoms with Gasteiger partial charge in [-0.1, -0.05) is 0 Å². The van der Waals surface area contributed by atoms with Crippen LogP contribution in [0.2, 0.25) is 0 Å². The van der Waals surface area contributed by atoms with E-state index in [0.717, 1.165) is 0 Å². The van der Waals surface area contributed by atoms with Gasteiger partial charge in [-0.05, 0) is 6.42 Å². The number of aliphatic hydroxyl groups excluding tert-OH is 2. The second kappa shape index (κ2) is 3.95. The molecule has 74 valence electrons. The molecule has 1 rings (SSSR count). The monoisotopic (exact) mass is 188 g/mol. The Morgan fingerprint density at radius 1 is 1.54 bits per heavy atom. The minimum atomic E-state index is -1.25. The number of rotatable bonds is 3. The van der Waals surface area contributed by atoms with Gasteiger partial charge >= 0.3 is 0 Å². The minimum Gasteiger partial charge on any atom is -0.390 e. The molecule has 0 heterocycles. The van der Waals surface area contributed by atoms with Crippen LogP contribution in [-0.4, -0.2) is 47.7 Å². The molecule has 5 nitrogen and oxygen atoms in total. The third-order valence-corrected chi connectivity index (χ3v) is 2.16. The number of aliphatic hydroxyl groups is 2. The molecule has 13 heavy (non-hydrogen) atoms. The molecule has 0 bridgehead atoms. The van der Waals surface area contributed by atoms with E-state index in [1.165, 1.54) is 7.11 Å². The van der Waals surface area contributed by atoms with Gasteiger partial charge in [-0.15, -0.1) is 0 Å². The van der Waals surface area contributed by atoms with Crippen molar-refractivity contribution in [3.8, 4) is 0 Å². The summed E-state index contributed by atoms with van der Waals surface area (Å²) in [5.74, 6) is -2.31. The smallest absolute Gasteiger partial charge is 0.227 e. The Morgan fingerprint density at radius 3 is 2.54 bits per heavy atom. The van der Waals surface area contributed by atoms with E-state index in [2.05, 4.69) is 4.74 Å². The van der Waals surface area contributed by atoms with Crippen LogP contribution in [0.4, 0.5) is 0 Å². The summed E-state index contributed by atoms with van der Waals surface area (Å²) in [6.07, 6.45) is -2.25. The number of hydrogen-bond acceptors (Lipinski definition) is 5. The number of carbonyl (C=O) groups excluding carboxylic acids is 2. The fraction of sp³-hybridized carbons (Fsp3) is 0.750. The van der Waals surface area contributed by atoms with Gasteiger partial charge in [-0.2, -0.15) is 0 Å². The molecule has 0 aliphatic heterocycles. The van der Waals surface area contributed by atoms with E-state index in [1.54, 1.807) is 0 Å². The van der Waals surface area contributed by atoms with Gasteiger partial charge in [-0.25, -0.2) is 0 Å². The minimum absolute atomic E-state index is 0.00218. The molecule has 0 amide bonds. The predicted octanol–water partition coefficient (Wildman–Crippen LogP) is -1.49. The standard InChI is InChI=1S/C8H12O5/c1-13-3-6(10)4-2-5(9)8(12)7(4)11/h4-6,9-10H,2-3H2,1H3. The van der Waals surface area contributed by atoms with Crippen LogP contribution in [0.15, 0.2) is 0 Å². The van der Waals surface area contributed by atoms with Gasteiger partial charge in [0.05, 0.1) is 18.6 Å². The topological polar surface area (TPSA) is 83.8 Å². The zero-order valence-electron chi connectivity index (χ0n) is 7.27. The molecule has 1 aliphatic carbocycles. The quantitative estimate of drug-likeness (QED) is 0.527. The van der Waals surface area contributed by atoms with E-state index < -0.39 is 29.7 Å². The lowest BCUT2D eigenvalue weighted by atomic mass is 10.0. The normalized spacial score (nSPS) is 31.0. The maximum Gasteiger partial charge on any atom is 0.227 e. The van der Waals surface area contributed by atoms with Crippen LogP contribution < -0.4 is 0 Å². The Kier molecular flexibility index (Phi) is 3.13. The third-order valence-electron chi connectivity index (χ3n) is 2.16. The Morgan fingerprint density at radius 2 is 2.15 bits per heavy atom. The van der Waals surface area contributed by atoms with Crippen molar-refractivity contribution in [2.24, 2.45) is 5.92 Å². The van der Waals surface area contributed by atoms with Gasteiger partial charge in [0, 0.05) is 7.11 Å². The zero-order valence-corrected chi connectivity index (χ0v) is 7.27. The lowest BCUT2D eigenvalue weighted by molar-refractivity contribution is -0.140. The highest BCUT2D eigenvalue weighted by atomic mass is 16.5. The lowest BCUT2D eigenvalue weighted by Crippen LogP contribution is -2.30. The molecule has 3 unspecified atom stereocenters. The number of methoxy groups -OCH3 is 1. The van der Waals surface area contributed by atoms with Crippen LogP contribution in [0.25, 0.3) is 0 Å². The molecular weight excluding hydrogens is 176 g/mol. The Balaban J connectivity index is 2.63. The van der Waals surface area contributed by atoms with E-state index in [9.17, 15) is 14.7 Å². The molecule has 1 saturated carbocycles. The first-order chi connectivity index (χ1) is 6.07. The Labute approximate surface area is 75.3 Å². The molecule has 1 aliphatic rings. The lowest BCUT2D eigenvalue weighted by Gasteiger charge is -2.13. The van der Waals surface area contributed by atoms with Crippen molar-refractivity contribution in [3.63, 3.8) is 0 Å². The van der Waals surface area contributed by atoms with Crippen molar-refractivity contribution in [1.82, 2.24) is 0 Å². The van der Waals surface area contributed by atoms with Crippen LogP contribution >= 0.6 is 0 Å². The largest absolute Gasteiger partial charge is 0.390 e. The first kappa shape index (κ1) is 10.3. The second-order valence-corrected chi connectivity index (χ2v) is 3.11. The molecule has 0 saturated heterocycles. The first-order valence-electron chi connectivity index (χ1n) is 4.01. The van der Waals surface area contributed by atoms with Gasteiger partial charge in [0.25, 0.3) is 0 Å². The van der Waals surface area contributed by atoms with Crippen molar-refractivity contribution in [1.29, 1.82) is 0 Å². The van der Waals surface area contributed by atoms with E-state index in [1.807, 2.05) is 0 Å². The van der Waals surface area contributed by atoms with Crippen LogP contribution in [0.3, 0.4) is 0 Å². The molecule has 1 fully saturated rings. The summed E-state index contributed by atoms with van der Waals surface area (Å²) in [4.78, 5) is 22.0. The van der Waals surface area contributed by atoms with Crippen molar-refractivity contribution >= 4 is 11.6 Å². The molecule has 0 aromatic carbocycles. The maximum atomic E-state index is 11.1. The van der Waals surface area contributed by atoms with Gasteiger partial charge in [0.15, 0.2) is 0 Å². The number of ketones is 2. The van der Waals surface area contributed by atoms with Crippen LogP contribution in [0.5, 0.6) is 0 Å². The van der Waals surface area contributed by atoms with E-state index in [4.69, 9.17) is 5.11 Å². The van der Waals surface area contributed by atoms with Gasteiger partial charge < -0.3 is 14.9 Å². The summed E-state index contributed by atoms with van der Waals surface area (Å²) in [5, 5.41) is 18.4. The highest BCUT2D eigenvalue weighted by Crippen LogP contribution is 2.22. The summed E-state index contributed by atoms with van der Waals surface area (Å²) < 4.78 is 4.64. The molecule has 0 radical (unpaired) electrons. The van der Waals surface area contributed by atoms with Crippen LogP contribution in [-0.2, 0) is 14.3 Å². The van der Waals surface area contributed by atoms with E-state index in [0.29, 0.717) is 0 Å². The fourth-order valence-electron chi connectivity index (χ4n) is 1.42. The number of Topliss-reactive ketones (excluding diaryl/α,β-unsaturated/α-hetero) is 2. The summed E-state index contributed by atoms with van der Waals surface area (Å²) in [6, 6.07) is 0. The van der Waals surface area contributed by atoms with Crippen molar-refractivity contribution in [2.45, 2.75) is 18.6 Å². The molecule has 5 heteroatoms. The second-order valence-electron chi connectivity index (χ2n) is 3.11. The average Bonchev–Trinajstić information content (AvgIpc) is 2.33. The average molecular weight is 188 g/mol. The molecule has 0 aromatic heterocycles. The summed E-state index contributed by atoms with van der Waals surface area (Å²) >= 11 is 0. The number of ether oxygens (including phenoxy) is 1. The third kappa shape index (κ3) is 1.93. The summed E-state index contributed by atoms with van der Waals surface area (Å²) in [5.41, 5.74) is 0. The molecule has 2 N–H and O–H groups in total. The molecule has 0 aromatic rings. The molecule has 3 atom stereocenters. The van der Waals surface area contributed by atoms with E-state index >= 15 is 0 Å². The SMILES string of the molecule is COCC(O)C1CC(O)C(=O)C1=O. The highest BCUT2D eigenvalue weighted by molar-refractivity contribution is 6.41. The molecule has 0 spiro atoms. The van der Waals surface area contributed by atoms with Crippen molar-refractivity contribution in [3.05, 3.63) is 0 Å². The van der Waals surface area contributed by atoms with Gasteiger partial charge in [0.1, 0.15) is 6.10 Å². The summed E-state index contributed by atoms with van der Waals surface area (Å²) in [6.45, 7) is -0.00356. The van der Waals surface area contributed by atoms with E-state index in [-0.39, 0.29) is 13.0 Å². The summed E-state index contributed by atoms with van der Waals surface area (Å²) in [7, 11) is 1.39. The Hall–Kier alpha value is -0.780. The zero-order chi connectivity index (χ0) is 10.0. The maximum absolute atomic E-state index is 11.1. The van der Waals surface area contributed by atoms with Gasteiger partial charge in [0.2, 0.25) is 11.6 Å². The van der Waals surface area contributed by atoms with Crippen LogP contribution in [0, 0.1) is 5.92 Å². The fourth-order valence-corrected chi connectivity index (χ4v) is 1.42. The number of carbonyl (C=O) groups is 2. The van der Waals surface area contributed by atoms with Crippen LogP contribution in [0.1, 0.15) is 6.42 Å². The highest BCUT2D eigenvalue weighted by Gasteiger charge is 2.43. The Bertz CT molecular complexity index is 225. The number of hydrogen-bond donors (Lipinski definition) is 2. The molecular formula is C8H12O5. The predicted molar refractivity (Wildman–Crippen MR) is 42.0 cm³/mol. The van der Waals surface area contributed by atoms with Crippen molar-refractivity contribution in [2.75, 3.05) is 13.7 Å². The first-order valence-corrected chi connectivity index (χ1v) is 4.01. The van der Waals surface area contributed by atoms with Crippen molar-refractivity contribution < 1.29 is 24.5 Å². The van der Waals surface area contributed by atoms with Gasteiger partial charge in [-0.3, -0.25) is 9.59 Å².